The molecule has 0 aliphatic rings. The summed E-state index contributed by atoms with van der Waals surface area (Å²) in [5.41, 5.74) is 5.91. The molecule has 0 fully saturated rings. The van der Waals surface area contributed by atoms with Gasteiger partial charge in [-0.1, -0.05) is 11.6 Å². The van der Waals surface area contributed by atoms with Gasteiger partial charge in [0.05, 0.1) is 6.10 Å². The van der Waals surface area contributed by atoms with Crippen LogP contribution in [0.4, 0.5) is 0 Å². The monoisotopic (exact) mass is 243 g/mol. The molecule has 0 heterocycles. The second-order valence-corrected chi connectivity index (χ2v) is 3.92. The number of aldehydes is 1. The van der Waals surface area contributed by atoms with Gasteiger partial charge in [0.2, 0.25) is 0 Å². The minimum Gasteiger partial charge on any atom is -0.390 e. The van der Waals surface area contributed by atoms with E-state index in [1.807, 2.05) is 0 Å². The lowest BCUT2D eigenvalue weighted by Gasteiger charge is -2.19. The van der Waals surface area contributed by atoms with Gasteiger partial charge < -0.3 is 15.9 Å². The Morgan fingerprint density at radius 3 is 2.69 bits per heavy atom. The van der Waals surface area contributed by atoms with Crippen molar-refractivity contribution in [3.63, 3.8) is 0 Å². The van der Waals surface area contributed by atoms with Crippen LogP contribution >= 0.6 is 11.6 Å². The van der Waals surface area contributed by atoms with Gasteiger partial charge in [-0.2, -0.15) is 0 Å². The molecule has 88 valence electrons. The standard InChI is InChI=1S/C11H14ClNO3/c12-8-2-1-7(6-14)9(5-8)11(16)10(15)3-4-13/h1-2,5-6,10-11,15-16H,3-4,13H2. The van der Waals surface area contributed by atoms with Gasteiger partial charge in [-0.3, -0.25) is 4.79 Å². The van der Waals surface area contributed by atoms with Gasteiger partial charge in [0, 0.05) is 10.6 Å². The van der Waals surface area contributed by atoms with Crippen molar-refractivity contribution in [3.05, 3.63) is 34.3 Å². The molecule has 2 unspecified atom stereocenters. The van der Waals surface area contributed by atoms with Crippen molar-refractivity contribution in [2.24, 2.45) is 5.73 Å². The van der Waals surface area contributed by atoms with Crippen LogP contribution in [-0.2, 0) is 0 Å². The highest BCUT2D eigenvalue weighted by Gasteiger charge is 2.20. The van der Waals surface area contributed by atoms with E-state index in [2.05, 4.69) is 0 Å². The first-order valence-electron chi connectivity index (χ1n) is 4.91. The minimum atomic E-state index is -1.15. The average molecular weight is 244 g/mol. The topological polar surface area (TPSA) is 83.6 Å². The lowest BCUT2D eigenvalue weighted by Crippen LogP contribution is -2.22. The maximum absolute atomic E-state index is 10.8. The SMILES string of the molecule is NCCC(O)C(O)c1cc(Cl)ccc1C=O. The second-order valence-electron chi connectivity index (χ2n) is 3.48. The molecule has 4 N–H and O–H groups in total. The highest BCUT2D eigenvalue weighted by atomic mass is 35.5. The fraction of sp³-hybridized carbons (Fsp3) is 0.364. The molecule has 16 heavy (non-hydrogen) atoms. The molecular weight excluding hydrogens is 230 g/mol. The maximum Gasteiger partial charge on any atom is 0.150 e. The van der Waals surface area contributed by atoms with Crippen LogP contribution in [0.2, 0.25) is 5.02 Å². The molecule has 1 rings (SSSR count). The van der Waals surface area contributed by atoms with Gasteiger partial charge in [0.25, 0.3) is 0 Å². The van der Waals surface area contributed by atoms with Crippen LogP contribution < -0.4 is 5.73 Å². The van der Waals surface area contributed by atoms with E-state index in [9.17, 15) is 15.0 Å². The van der Waals surface area contributed by atoms with Crippen molar-refractivity contribution in [2.45, 2.75) is 18.6 Å². The molecule has 0 saturated carbocycles. The van der Waals surface area contributed by atoms with Crippen molar-refractivity contribution in [1.29, 1.82) is 0 Å². The minimum absolute atomic E-state index is 0.256. The van der Waals surface area contributed by atoms with E-state index in [0.29, 0.717) is 22.4 Å². The second kappa shape index (κ2) is 5.96. The molecule has 2 atom stereocenters. The Hall–Kier alpha value is -0.940. The Balaban J connectivity index is 3.00. The summed E-state index contributed by atoms with van der Waals surface area (Å²) in [6.07, 6.45) is -1.28. The first-order chi connectivity index (χ1) is 7.60. The summed E-state index contributed by atoms with van der Waals surface area (Å²) >= 11 is 5.77. The van der Waals surface area contributed by atoms with Crippen molar-refractivity contribution in [3.8, 4) is 0 Å². The van der Waals surface area contributed by atoms with Gasteiger partial charge >= 0.3 is 0 Å². The number of carbonyl (C=O) groups excluding carboxylic acids is 1. The molecule has 0 spiro atoms. The van der Waals surface area contributed by atoms with Crippen LogP contribution in [0, 0.1) is 0 Å². The van der Waals surface area contributed by atoms with Gasteiger partial charge in [-0.25, -0.2) is 0 Å². The normalized spacial score (nSPS) is 14.5. The van der Waals surface area contributed by atoms with Crippen molar-refractivity contribution < 1.29 is 15.0 Å². The fourth-order valence-corrected chi connectivity index (χ4v) is 1.63. The number of hydrogen-bond donors (Lipinski definition) is 3. The quantitative estimate of drug-likeness (QED) is 0.671. The molecule has 0 aliphatic heterocycles. The average Bonchev–Trinajstić information content (AvgIpc) is 2.28. The summed E-state index contributed by atoms with van der Waals surface area (Å²) in [6, 6.07) is 4.52. The van der Waals surface area contributed by atoms with E-state index in [1.54, 1.807) is 6.07 Å². The van der Waals surface area contributed by atoms with Gasteiger partial charge in [0.1, 0.15) is 12.4 Å². The number of halogens is 1. The molecule has 0 amide bonds. The number of rotatable bonds is 5. The smallest absolute Gasteiger partial charge is 0.150 e. The summed E-state index contributed by atoms with van der Waals surface area (Å²) in [6.45, 7) is 0.259. The predicted octanol–water partition coefficient (Wildman–Crippen LogP) is 0.896. The number of aliphatic hydroxyl groups is 2. The van der Waals surface area contributed by atoms with E-state index in [1.165, 1.54) is 12.1 Å². The summed E-state index contributed by atoms with van der Waals surface area (Å²) < 4.78 is 0. The zero-order chi connectivity index (χ0) is 12.1. The van der Waals surface area contributed by atoms with Crippen LogP contribution in [-0.4, -0.2) is 29.1 Å². The molecular formula is C11H14ClNO3. The van der Waals surface area contributed by atoms with Crippen LogP contribution in [0.5, 0.6) is 0 Å². The Morgan fingerprint density at radius 1 is 1.44 bits per heavy atom. The Labute approximate surface area is 98.6 Å². The third kappa shape index (κ3) is 3.02. The maximum atomic E-state index is 10.8. The molecule has 0 bridgehead atoms. The first-order valence-corrected chi connectivity index (χ1v) is 5.28. The van der Waals surface area contributed by atoms with Gasteiger partial charge in [-0.15, -0.1) is 0 Å². The lowest BCUT2D eigenvalue weighted by atomic mass is 9.98. The summed E-state index contributed by atoms with van der Waals surface area (Å²) in [7, 11) is 0. The summed E-state index contributed by atoms with van der Waals surface area (Å²) in [4.78, 5) is 10.8. The predicted molar refractivity (Wildman–Crippen MR) is 61.5 cm³/mol. The zero-order valence-corrected chi connectivity index (χ0v) is 9.39. The molecule has 1 aromatic carbocycles. The Morgan fingerprint density at radius 2 is 2.12 bits per heavy atom. The number of benzene rings is 1. The van der Waals surface area contributed by atoms with E-state index in [4.69, 9.17) is 17.3 Å². The number of nitrogens with two attached hydrogens (primary N) is 1. The summed E-state index contributed by atoms with van der Waals surface area (Å²) in [5.74, 6) is 0. The van der Waals surface area contributed by atoms with Gasteiger partial charge in [0.15, 0.2) is 0 Å². The van der Waals surface area contributed by atoms with E-state index < -0.39 is 12.2 Å². The van der Waals surface area contributed by atoms with Crippen LogP contribution in [0.3, 0.4) is 0 Å². The summed E-state index contributed by atoms with van der Waals surface area (Å²) in [5, 5.41) is 19.8. The fourth-order valence-electron chi connectivity index (χ4n) is 1.44. The largest absolute Gasteiger partial charge is 0.390 e. The third-order valence-electron chi connectivity index (χ3n) is 2.32. The number of carbonyl (C=O) groups is 1. The zero-order valence-electron chi connectivity index (χ0n) is 8.64. The molecule has 0 radical (unpaired) electrons. The van der Waals surface area contributed by atoms with Crippen molar-refractivity contribution in [1.82, 2.24) is 0 Å². The van der Waals surface area contributed by atoms with Crippen molar-refractivity contribution in [2.75, 3.05) is 6.54 Å². The van der Waals surface area contributed by atoms with Crippen LogP contribution in [0.15, 0.2) is 18.2 Å². The first kappa shape index (κ1) is 13.1. The molecule has 5 heteroatoms. The van der Waals surface area contributed by atoms with Crippen molar-refractivity contribution >= 4 is 17.9 Å². The number of aliphatic hydroxyl groups excluding tert-OH is 2. The number of hydrogen-bond acceptors (Lipinski definition) is 4. The van der Waals surface area contributed by atoms with E-state index in [0.717, 1.165) is 0 Å². The molecule has 0 aromatic heterocycles. The highest BCUT2D eigenvalue weighted by molar-refractivity contribution is 6.30. The van der Waals surface area contributed by atoms with Crippen LogP contribution in [0.1, 0.15) is 28.4 Å². The lowest BCUT2D eigenvalue weighted by molar-refractivity contribution is 0.0147. The molecule has 0 saturated heterocycles. The molecule has 4 nitrogen and oxygen atoms in total. The Kier molecular flexibility index (Phi) is 4.89. The third-order valence-corrected chi connectivity index (χ3v) is 2.56. The molecule has 0 aliphatic carbocycles. The van der Waals surface area contributed by atoms with E-state index in [-0.39, 0.29) is 13.0 Å². The highest BCUT2D eigenvalue weighted by Crippen LogP contribution is 2.24. The molecule has 1 aromatic rings. The van der Waals surface area contributed by atoms with Gasteiger partial charge in [-0.05, 0) is 36.7 Å². The van der Waals surface area contributed by atoms with E-state index >= 15 is 0 Å². The Bertz CT molecular complexity index is 370. The van der Waals surface area contributed by atoms with Crippen LogP contribution in [0.25, 0.3) is 0 Å².